The van der Waals surface area contributed by atoms with Gasteiger partial charge in [-0.2, -0.15) is 13.2 Å². The van der Waals surface area contributed by atoms with Crippen molar-refractivity contribution in [3.05, 3.63) is 70.8 Å². The lowest BCUT2D eigenvalue weighted by Gasteiger charge is -2.39. The number of carbonyl (C=O) groups is 1. The molecular formula is C24H22F3N5O2. The summed E-state index contributed by atoms with van der Waals surface area (Å²) >= 11 is 0. The Balaban J connectivity index is 1.46. The van der Waals surface area contributed by atoms with Gasteiger partial charge >= 0.3 is 12.2 Å². The molecule has 1 saturated heterocycles. The molecule has 0 spiro atoms. The van der Waals surface area contributed by atoms with Gasteiger partial charge in [-0.05, 0) is 36.6 Å². The highest BCUT2D eigenvalue weighted by Gasteiger charge is 2.32. The normalized spacial score (nSPS) is 19.0. The number of H-pyrrole nitrogens is 1. The zero-order valence-electron chi connectivity index (χ0n) is 18.3. The highest BCUT2D eigenvalue weighted by atomic mass is 19.4. The van der Waals surface area contributed by atoms with E-state index in [1.54, 1.807) is 23.5 Å². The summed E-state index contributed by atoms with van der Waals surface area (Å²) in [5.41, 5.74) is 0.540. The van der Waals surface area contributed by atoms with Gasteiger partial charge in [0, 0.05) is 48.8 Å². The molecule has 0 aliphatic carbocycles. The van der Waals surface area contributed by atoms with Crippen LogP contribution in [0, 0.1) is 5.92 Å². The average molecular weight is 469 g/mol. The monoisotopic (exact) mass is 469 g/mol. The molecule has 4 heterocycles. The lowest BCUT2D eigenvalue weighted by atomic mass is 9.92. The van der Waals surface area contributed by atoms with Gasteiger partial charge in [0.15, 0.2) is 5.43 Å². The van der Waals surface area contributed by atoms with Gasteiger partial charge in [-0.3, -0.25) is 4.79 Å². The molecule has 10 heteroatoms. The summed E-state index contributed by atoms with van der Waals surface area (Å²) in [4.78, 5) is 34.5. The van der Waals surface area contributed by atoms with E-state index in [1.165, 1.54) is 18.2 Å². The summed E-state index contributed by atoms with van der Waals surface area (Å²) in [6.07, 6.45) is 1.27. The lowest BCUT2D eigenvalue weighted by Crippen LogP contribution is -2.46. The Morgan fingerprint density at radius 2 is 2.03 bits per heavy atom. The Bertz CT molecular complexity index is 1440. The fraction of sp³-hybridized carbons (Fsp3) is 0.292. The van der Waals surface area contributed by atoms with Crippen LogP contribution in [0.3, 0.4) is 0 Å². The lowest BCUT2D eigenvalue weighted by molar-refractivity contribution is -0.137. The molecule has 34 heavy (non-hydrogen) atoms. The van der Waals surface area contributed by atoms with Gasteiger partial charge in [0.05, 0.1) is 22.5 Å². The first-order valence-electron chi connectivity index (χ1n) is 10.9. The largest absolute Gasteiger partial charge is 0.416 e. The van der Waals surface area contributed by atoms with E-state index in [1.807, 2.05) is 10.6 Å². The van der Waals surface area contributed by atoms with Crippen molar-refractivity contribution in [2.75, 3.05) is 18.4 Å². The van der Waals surface area contributed by atoms with E-state index in [4.69, 9.17) is 0 Å². The molecule has 0 unspecified atom stereocenters. The van der Waals surface area contributed by atoms with E-state index >= 15 is 0 Å². The molecule has 3 aromatic heterocycles. The Hall–Kier alpha value is -3.82. The van der Waals surface area contributed by atoms with Crippen LogP contribution >= 0.6 is 0 Å². The fourth-order valence-electron chi connectivity index (χ4n) is 4.61. The van der Waals surface area contributed by atoms with E-state index in [2.05, 4.69) is 22.2 Å². The summed E-state index contributed by atoms with van der Waals surface area (Å²) in [5.74, 6) is 0.200. The van der Waals surface area contributed by atoms with Gasteiger partial charge < -0.3 is 19.8 Å². The molecular weight excluding hydrogens is 447 g/mol. The van der Waals surface area contributed by atoms with Crippen molar-refractivity contribution in [1.82, 2.24) is 19.4 Å². The van der Waals surface area contributed by atoms with Crippen LogP contribution in [-0.4, -0.2) is 38.6 Å². The van der Waals surface area contributed by atoms with Crippen LogP contribution < -0.4 is 10.7 Å². The number of anilines is 1. The topological polar surface area (TPSA) is 83.0 Å². The van der Waals surface area contributed by atoms with Crippen molar-refractivity contribution in [3.8, 4) is 0 Å². The second-order valence-electron chi connectivity index (χ2n) is 8.64. The van der Waals surface area contributed by atoms with Crippen LogP contribution in [-0.2, 0) is 6.18 Å². The predicted octanol–water partition coefficient (Wildman–Crippen LogP) is 5.01. The molecule has 2 amide bonds. The molecule has 0 bridgehead atoms. The van der Waals surface area contributed by atoms with Gasteiger partial charge in [0.1, 0.15) is 5.65 Å². The molecule has 1 aliphatic rings. The third-order valence-electron chi connectivity index (χ3n) is 6.47. The minimum absolute atomic E-state index is 0.0870. The van der Waals surface area contributed by atoms with Gasteiger partial charge in [-0.25, -0.2) is 9.78 Å². The minimum atomic E-state index is -4.49. The molecule has 0 saturated carbocycles. The van der Waals surface area contributed by atoms with Gasteiger partial charge in [0.25, 0.3) is 0 Å². The van der Waals surface area contributed by atoms with Crippen molar-refractivity contribution in [2.45, 2.75) is 25.6 Å². The predicted molar refractivity (Wildman–Crippen MR) is 123 cm³/mol. The first-order valence-corrected chi connectivity index (χ1v) is 10.9. The number of pyridine rings is 2. The Labute approximate surface area is 192 Å². The number of hydrogen-bond acceptors (Lipinski definition) is 3. The number of rotatable bonds is 2. The highest BCUT2D eigenvalue weighted by Crippen LogP contribution is 2.33. The van der Waals surface area contributed by atoms with Crippen molar-refractivity contribution in [2.24, 2.45) is 5.92 Å². The number of urea groups is 1. The molecule has 2 N–H and O–H groups in total. The van der Waals surface area contributed by atoms with E-state index in [-0.39, 0.29) is 23.1 Å². The van der Waals surface area contributed by atoms with E-state index < -0.39 is 17.8 Å². The summed E-state index contributed by atoms with van der Waals surface area (Å²) in [6, 6.07) is 7.35. The second kappa shape index (κ2) is 8.19. The Morgan fingerprint density at radius 3 is 2.82 bits per heavy atom. The Morgan fingerprint density at radius 1 is 1.21 bits per heavy atom. The first kappa shape index (κ1) is 22.0. The number of carbonyl (C=O) groups excluding carboxylic acids is 1. The van der Waals surface area contributed by atoms with E-state index in [9.17, 15) is 22.8 Å². The SMILES string of the molecule is C[C@@H]1CCN(C(=O)Nc2cccc(C(F)(F)F)c2)C[C@@H]1n1ccc(=O)c2cnc3[nH]ccc3c21. The molecule has 0 radical (unpaired) electrons. The zero-order valence-corrected chi connectivity index (χ0v) is 18.3. The number of hydrogen-bond donors (Lipinski definition) is 2. The van der Waals surface area contributed by atoms with E-state index in [0.29, 0.717) is 30.5 Å². The van der Waals surface area contributed by atoms with Gasteiger partial charge in [-0.1, -0.05) is 13.0 Å². The molecule has 4 aromatic rings. The molecule has 5 rings (SSSR count). The molecule has 1 fully saturated rings. The number of aromatic amines is 1. The number of alkyl halides is 3. The van der Waals surface area contributed by atoms with Crippen LogP contribution in [0.15, 0.2) is 59.8 Å². The Kier molecular flexibility index (Phi) is 5.30. The number of fused-ring (bicyclic) bond motifs is 3. The van der Waals surface area contributed by atoms with Gasteiger partial charge in [-0.15, -0.1) is 0 Å². The van der Waals surface area contributed by atoms with Gasteiger partial charge in [0.2, 0.25) is 0 Å². The number of likely N-dealkylation sites (tertiary alicyclic amines) is 1. The smallest absolute Gasteiger partial charge is 0.346 e. The van der Waals surface area contributed by atoms with Crippen LogP contribution in [0.5, 0.6) is 0 Å². The maximum atomic E-state index is 13.0. The third kappa shape index (κ3) is 3.89. The van der Waals surface area contributed by atoms with E-state index in [0.717, 1.165) is 23.0 Å². The number of halogens is 3. The third-order valence-corrected chi connectivity index (χ3v) is 6.47. The molecule has 1 aromatic carbocycles. The second-order valence-corrected chi connectivity index (χ2v) is 8.64. The standard InChI is InChI=1S/C24H22F3N5O2/c1-14-6-9-31(23(34)30-16-4-2-3-15(11-16)24(25,26)27)13-19(14)32-10-7-20(33)18-12-29-22-17(21(18)32)5-8-28-22/h2-5,7-8,10-12,14,19H,6,9,13H2,1H3,(H,28,29)(H,30,34)/t14-,19+/m1/s1. The molecule has 7 nitrogen and oxygen atoms in total. The highest BCUT2D eigenvalue weighted by molar-refractivity contribution is 6.02. The fourth-order valence-corrected chi connectivity index (χ4v) is 4.61. The number of piperidine rings is 1. The van der Waals surface area contributed by atoms with Crippen molar-refractivity contribution >= 4 is 33.7 Å². The summed E-state index contributed by atoms with van der Waals surface area (Å²) in [7, 11) is 0. The summed E-state index contributed by atoms with van der Waals surface area (Å²) in [5, 5.41) is 3.90. The number of amides is 2. The molecule has 2 atom stereocenters. The van der Waals surface area contributed by atoms with Crippen molar-refractivity contribution < 1.29 is 18.0 Å². The first-order chi connectivity index (χ1) is 16.2. The van der Waals surface area contributed by atoms with Crippen molar-refractivity contribution in [3.63, 3.8) is 0 Å². The van der Waals surface area contributed by atoms with Crippen LogP contribution in [0.4, 0.5) is 23.7 Å². The molecule has 176 valence electrons. The number of nitrogens with zero attached hydrogens (tertiary/aromatic N) is 3. The minimum Gasteiger partial charge on any atom is -0.346 e. The zero-order chi connectivity index (χ0) is 24.0. The summed E-state index contributed by atoms with van der Waals surface area (Å²) in [6.45, 7) is 2.91. The maximum absolute atomic E-state index is 13.0. The van der Waals surface area contributed by atoms with Crippen LogP contribution in [0.1, 0.15) is 24.9 Å². The molecule has 1 aliphatic heterocycles. The van der Waals surface area contributed by atoms with Crippen LogP contribution in [0.2, 0.25) is 0 Å². The quantitative estimate of drug-likeness (QED) is 0.433. The average Bonchev–Trinajstić information content (AvgIpc) is 3.29. The number of benzene rings is 1. The number of aromatic nitrogens is 3. The van der Waals surface area contributed by atoms with Crippen molar-refractivity contribution in [1.29, 1.82) is 0 Å². The van der Waals surface area contributed by atoms with Crippen LogP contribution in [0.25, 0.3) is 21.9 Å². The maximum Gasteiger partial charge on any atom is 0.416 e. The number of nitrogens with one attached hydrogen (secondary N) is 2. The summed E-state index contributed by atoms with van der Waals surface area (Å²) < 4.78 is 41.1.